The van der Waals surface area contributed by atoms with Crippen LogP contribution in [-0.2, 0) is 14.8 Å². The van der Waals surface area contributed by atoms with Gasteiger partial charge in [-0.1, -0.05) is 0 Å². The third-order valence-corrected chi connectivity index (χ3v) is 4.63. The molecule has 2 rings (SSSR count). The second kappa shape index (κ2) is 4.74. The van der Waals surface area contributed by atoms with E-state index in [-0.39, 0.29) is 31.7 Å². The Morgan fingerprint density at radius 1 is 1.00 bits per heavy atom. The number of ketones is 1. The van der Waals surface area contributed by atoms with Crippen molar-refractivity contribution in [1.82, 2.24) is 4.31 Å². The largest absolute Gasteiger partial charge is 0.300 e. The van der Waals surface area contributed by atoms with Crippen LogP contribution < -0.4 is 0 Å². The highest BCUT2D eigenvalue weighted by Crippen LogP contribution is 2.21. The zero-order valence-corrected chi connectivity index (χ0v) is 10.2. The minimum absolute atomic E-state index is 0.00753. The van der Waals surface area contributed by atoms with Crippen LogP contribution in [0.25, 0.3) is 0 Å². The van der Waals surface area contributed by atoms with Gasteiger partial charge in [-0.15, -0.1) is 0 Å². The van der Waals surface area contributed by atoms with Gasteiger partial charge < -0.3 is 0 Å². The molecule has 0 atom stereocenters. The van der Waals surface area contributed by atoms with Gasteiger partial charge in [0.15, 0.2) is 0 Å². The summed E-state index contributed by atoms with van der Waals surface area (Å²) in [5, 5.41) is 0. The number of piperidine rings is 1. The summed E-state index contributed by atoms with van der Waals surface area (Å²) in [5.74, 6) is -1.89. The monoisotopic (exact) mass is 275 g/mol. The fourth-order valence-corrected chi connectivity index (χ4v) is 3.29. The molecular weight excluding hydrogens is 264 g/mol. The van der Waals surface area contributed by atoms with Crippen LogP contribution in [0.4, 0.5) is 8.78 Å². The number of hydrogen-bond donors (Lipinski definition) is 0. The molecule has 0 spiro atoms. The molecule has 0 aromatic heterocycles. The van der Waals surface area contributed by atoms with Crippen LogP contribution in [0.15, 0.2) is 23.1 Å². The maximum atomic E-state index is 13.0. The molecule has 0 radical (unpaired) electrons. The summed E-state index contributed by atoms with van der Waals surface area (Å²) < 4.78 is 51.3. The number of carbonyl (C=O) groups excluding carboxylic acids is 1. The Hall–Kier alpha value is -1.34. The molecule has 1 aliphatic rings. The number of nitrogens with zero attached hydrogens (tertiary/aromatic N) is 1. The summed E-state index contributed by atoms with van der Waals surface area (Å²) in [5.41, 5.74) is 0. The fourth-order valence-electron chi connectivity index (χ4n) is 1.80. The first-order chi connectivity index (χ1) is 8.39. The molecule has 1 aromatic carbocycles. The molecule has 1 aliphatic heterocycles. The number of rotatable bonds is 2. The zero-order valence-electron chi connectivity index (χ0n) is 9.40. The van der Waals surface area contributed by atoms with Gasteiger partial charge in [0, 0.05) is 32.0 Å². The predicted molar refractivity (Wildman–Crippen MR) is 59.4 cm³/mol. The molecule has 1 heterocycles. The first kappa shape index (κ1) is 13.1. The summed E-state index contributed by atoms with van der Waals surface area (Å²) in [7, 11) is -3.93. The third kappa shape index (κ3) is 2.56. The van der Waals surface area contributed by atoms with Gasteiger partial charge in [0.25, 0.3) is 0 Å². The highest BCUT2D eigenvalue weighted by Gasteiger charge is 2.29. The maximum absolute atomic E-state index is 13.0. The molecule has 0 N–H and O–H groups in total. The van der Waals surface area contributed by atoms with Crippen molar-refractivity contribution >= 4 is 15.8 Å². The summed E-state index contributed by atoms with van der Waals surface area (Å²) >= 11 is 0. The van der Waals surface area contributed by atoms with Gasteiger partial charge in [0.2, 0.25) is 10.0 Å². The van der Waals surface area contributed by atoms with E-state index in [9.17, 15) is 22.0 Å². The average Bonchev–Trinajstić information content (AvgIpc) is 2.28. The van der Waals surface area contributed by atoms with Crippen molar-refractivity contribution in [3.8, 4) is 0 Å². The Morgan fingerprint density at radius 3 is 2.00 bits per heavy atom. The molecule has 0 bridgehead atoms. The Morgan fingerprint density at radius 2 is 1.50 bits per heavy atom. The van der Waals surface area contributed by atoms with Crippen molar-refractivity contribution in [3.05, 3.63) is 29.8 Å². The van der Waals surface area contributed by atoms with Crippen LogP contribution in [-0.4, -0.2) is 31.6 Å². The smallest absolute Gasteiger partial charge is 0.243 e. The SMILES string of the molecule is O=C1CCN(S(=O)(=O)c2cc(F)cc(F)c2)CC1. The molecule has 0 aliphatic carbocycles. The summed E-state index contributed by atoms with van der Waals surface area (Å²) in [6.45, 7) is 0.110. The average molecular weight is 275 g/mol. The van der Waals surface area contributed by atoms with Crippen LogP contribution in [0.3, 0.4) is 0 Å². The van der Waals surface area contributed by atoms with E-state index < -0.39 is 26.6 Å². The van der Waals surface area contributed by atoms with Gasteiger partial charge in [-0.25, -0.2) is 17.2 Å². The number of Topliss-reactive ketones (excluding diaryl/α,β-unsaturated/α-hetero) is 1. The van der Waals surface area contributed by atoms with Crippen molar-refractivity contribution < 1.29 is 22.0 Å². The van der Waals surface area contributed by atoms with Crippen LogP contribution in [0, 0.1) is 11.6 Å². The van der Waals surface area contributed by atoms with Gasteiger partial charge in [-0.2, -0.15) is 4.31 Å². The van der Waals surface area contributed by atoms with E-state index >= 15 is 0 Å². The standard InChI is InChI=1S/C11H11F2NO3S/c12-8-5-9(13)7-11(6-8)18(16,17)14-3-1-10(15)2-4-14/h5-7H,1-4H2. The van der Waals surface area contributed by atoms with Crippen LogP contribution in [0.1, 0.15) is 12.8 Å². The van der Waals surface area contributed by atoms with Gasteiger partial charge in [-0.3, -0.25) is 4.79 Å². The van der Waals surface area contributed by atoms with E-state index in [2.05, 4.69) is 0 Å². The molecule has 0 saturated carbocycles. The molecule has 0 unspecified atom stereocenters. The normalized spacial score (nSPS) is 18.0. The van der Waals surface area contributed by atoms with Crippen LogP contribution >= 0.6 is 0 Å². The van der Waals surface area contributed by atoms with Crippen molar-refractivity contribution in [2.45, 2.75) is 17.7 Å². The van der Waals surface area contributed by atoms with Gasteiger partial charge >= 0.3 is 0 Å². The molecule has 4 nitrogen and oxygen atoms in total. The van der Waals surface area contributed by atoms with Crippen LogP contribution in [0.5, 0.6) is 0 Å². The first-order valence-corrected chi connectivity index (χ1v) is 6.81. The Bertz CT molecular complexity index is 556. The fraction of sp³-hybridized carbons (Fsp3) is 0.364. The lowest BCUT2D eigenvalue weighted by atomic mass is 10.1. The van der Waals surface area contributed by atoms with E-state index in [0.29, 0.717) is 6.07 Å². The number of hydrogen-bond acceptors (Lipinski definition) is 3. The van der Waals surface area contributed by atoms with Crippen molar-refractivity contribution in [2.24, 2.45) is 0 Å². The minimum Gasteiger partial charge on any atom is -0.300 e. The zero-order chi connectivity index (χ0) is 13.3. The second-order valence-corrected chi connectivity index (χ2v) is 5.99. The Balaban J connectivity index is 2.33. The topological polar surface area (TPSA) is 54.5 Å². The highest BCUT2D eigenvalue weighted by atomic mass is 32.2. The number of benzene rings is 1. The molecule has 18 heavy (non-hydrogen) atoms. The molecule has 98 valence electrons. The Kier molecular flexibility index (Phi) is 3.45. The van der Waals surface area contributed by atoms with Crippen LogP contribution in [0.2, 0.25) is 0 Å². The van der Waals surface area contributed by atoms with E-state index in [1.165, 1.54) is 0 Å². The maximum Gasteiger partial charge on any atom is 0.243 e. The molecule has 7 heteroatoms. The summed E-state index contributed by atoms with van der Waals surface area (Å²) in [6.07, 6.45) is 0.272. The predicted octanol–water partition coefficient (Wildman–Crippen LogP) is 1.32. The van der Waals surface area contributed by atoms with E-state index in [1.54, 1.807) is 0 Å². The van der Waals surface area contributed by atoms with E-state index in [0.717, 1.165) is 16.4 Å². The highest BCUT2D eigenvalue weighted by molar-refractivity contribution is 7.89. The minimum atomic E-state index is -3.93. The van der Waals surface area contributed by atoms with Crippen molar-refractivity contribution in [3.63, 3.8) is 0 Å². The van der Waals surface area contributed by atoms with Crippen molar-refractivity contribution in [2.75, 3.05) is 13.1 Å². The lowest BCUT2D eigenvalue weighted by Crippen LogP contribution is -2.38. The Labute approximate surface area is 103 Å². The lowest BCUT2D eigenvalue weighted by molar-refractivity contribution is -0.120. The third-order valence-electron chi connectivity index (χ3n) is 2.75. The second-order valence-electron chi connectivity index (χ2n) is 4.05. The lowest BCUT2D eigenvalue weighted by Gasteiger charge is -2.25. The molecule has 1 aromatic rings. The summed E-state index contributed by atoms with van der Waals surface area (Å²) in [4.78, 5) is 10.6. The molecular formula is C11H11F2NO3S. The molecule has 1 fully saturated rings. The molecule has 1 saturated heterocycles. The van der Waals surface area contributed by atoms with Gasteiger partial charge in [-0.05, 0) is 12.1 Å². The van der Waals surface area contributed by atoms with E-state index in [4.69, 9.17) is 0 Å². The number of carbonyl (C=O) groups is 1. The van der Waals surface area contributed by atoms with Gasteiger partial charge in [0.1, 0.15) is 17.4 Å². The first-order valence-electron chi connectivity index (χ1n) is 5.37. The number of sulfonamides is 1. The van der Waals surface area contributed by atoms with Gasteiger partial charge in [0.05, 0.1) is 4.90 Å². The molecule has 0 amide bonds. The van der Waals surface area contributed by atoms with E-state index in [1.807, 2.05) is 0 Å². The summed E-state index contributed by atoms with van der Waals surface area (Å²) in [6, 6.07) is 2.16. The van der Waals surface area contributed by atoms with Crippen molar-refractivity contribution in [1.29, 1.82) is 0 Å². The number of halogens is 2. The quantitative estimate of drug-likeness (QED) is 0.818.